The van der Waals surface area contributed by atoms with E-state index >= 15 is 0 Å². The Hall–Kier alpha value is -5.63. The zero-order valence-electron chi connectivity index (χ0n) is 32.1. The van der Waals surface area contributed by atoms with E-state index in [-0.39, 0.29) is 19.0 Å². The molecule has 0 spiro atoms. The van der Waals surface area contributed by atoms with Crippen LogP contribution < -0.4 is 4.74 Å². The van der Waals surface area contributed by atoms with Crippen LogP contribution in [0.3, 0.4) is 0 Å². The van der Waals surface area contributed by atoms with Crippen molar-refractivity contribution in [3.63, 3.8) is 0 Å². The molecule has 0 fully saturated rings. The first-order chi connectivity index (χ1) is 27.5. The van der Waals surface area contributed by atoms with Gasteiger partial charge >= 0.3 is 11.9 Å². The van der Waals surface area contributed by atoms with Crippen LogP contribution in [0, 0.1) is 19.7 Å². The molecule has 0 aliphatic heterocycles. The van der Waals surface area contributed by atoms with Gasteiger partial charge in [-0.05, 0) is 91.9 Å². The number of rotatable bonds is 14. The highest BCUT2D eigenvalue weighted by Gasteiger charge is 2.27. The molecular weight excluding hydrogens is 769 g/mol. The highest BCUT2D eigenvalue weighted by molar-refractivity contribution is 7.98. The third-order valence-corrected chi connectivity index (χ3v) is 11.3. The number of halogens is 2. The number of aromatic nitrogens is 5. The van der Waals surface area contributed by atoms with Crippen LogP contribution in [0.2, 0.25) is 5.02 Å². The number of methoxy groups -OCH3 is 1. The zero-order chi connectivity index (χ0) is 40.4. The summed E-state index contributed by atoms with van der Waals surface area (Å²) >= 11 is 8.41. The Labute approximate surface area is 337 Å². The van der Waals surface area contributed by atoms with Crippen molar-refractivity contribution in [2.24, 2.45) is 14.1 Å². The number of hydrogen-bond donors (Lipinski definition) is 1. The van der Waals surface area contributed by atoms with Crippen molar-refractivity contribution in [2.75, 3.05) is 13.7 Å². The van der Waals surface area contributed by atoms with E-state index in [9.17, 15) is 19.1 Å². The van der Waals surface area contributed by atoms with E-state index in [1.54, 1.807) is 57.5 Å². The summed E-state index contributed by atoms with van der Waals surface area (Å²) in [5, 5.41) is 21.9. The summed E-state index contributed by atoms with van der Waals surface area (Å²) in [6, 6.07) is 22.9. The predicted octanol–water partition coefficient (Wildman–Crippen LogP) is 8.74. The second-order valence-electron chi connectivity index (χ2n) is 13.6. The van der Waals surface area contributed by atoms with Crippen LogP contribution in [-0.4, -0.2) is 54.9 Å². The minimum Gasteiger partial charge on any atom is -0.493 e. The molecule has 4 aromatic carbocycles. The van der Waals surface area contributed by atoms with Crippen molar-refractivity contribution in [2.45, 2.75) is 50.7 Å². The van der Waals surface area contributed by atoms with E-state index in [0.29, 0.717) is 75.3 Å². The lowest BCUT2D eigenvalue weighted by atomic mass is 9.97. The number of nitrogens with zero attached hydrogens (tertiary/aromatic N) is 5. The van der Waals surface area contributed by atoms with Gasteiger partial charge in [0.15, 0.2) is 0 Å². The maximum Gasteiger partial charge on any atom is 0.354 e. The summed E-state index contributed by atoms with van der Waals surface area (Å²) in [5.41, 5.74) is 6.65. The molecule has 11 nitrogen and oxygen atoms in total. The summed E-state index contributed by atoms with van der Waals surface area (Å²) in [6.45, 7) is 4.26. The molecule has 0 saturated carbocycles. The van der Waals surface area contributed by atoms with Crippen molar-refractivity contribution in [3.05, 3.63) is 129 Å². The van der Waals surface area contributed by atoms with Gasteiger partial charge in [-0.1, -0.05) is 29.8 Å². The predicted molar refractivity (Wildman–Crippen MR) is 218 cm³/mol. The van der Waals surface area contributed by atoms with Gasteiger partial charge in [0.2, 0.25) is 0 Å². The maximum absolute atomic E-state index is 14.5. The molecule has 0 aliphatic carbocycles. The van der Waals surface area contributed by atoms with E-state index in [2.05, 4.69) is 10.2 Å². The van der Waals surface area contributed by atoms with E-state index in [1.165, 1.54) is 19.2 Å². The molecule has 14 heteroatoms. The Balaban J connectivity index is 1.10. The van der Waals surface area contributed by atoms with Crippen LogP contribution in [0.25, 0.3) is 32.8 Å². The number of esters is 2. The average molecular weight is 810 g/mol. The van der Waals surface area contributed by atoms with Gasteiger partial charge in [-0.15, -0.1) is 11.8 Å². The van der Waals surface area contributed by atoms with E-state index < -0.39 is 11.9 Å². The number of carbonyl (C=O) groups is 2. The van der Waals surface area contributed by atoms with Crippen LogP contribution in [0.15, 0.2) is 83.8 Å². The quantitative estimate of drug-likeness (QED) is 0.0653. The monoisotopic (exact) mass is 809 g/mol. The number of hydrogen-bond acceptors (Lipinski definition) is 9. The van der Waals surface area contributed by atoms with Crippen LogP contribution in [0.5, 0.6) is 5.75 Å². The molecule has 0 unspecified atom stereocenters. The lowest BCUT2D eigenvalue weighted by Gasteiger charge is -2.14. The maximum atomic E-state index is 14.5. The first kappa shape index (κ1) is 39.6. The van der Waals surface area contributed by atoms with Gasteiger partial charge in [-0.25, -0.2) is 14.0 Å². The summed E-state index contributed by atoms with van der Waals surface area (Å²) in [5.74, 6) is -0.0939. The van der Waals surface area contributed by atoms with Gasteiger partial charge < -0.3 is 23.9 Å². The summed E-state index contributed by atoms with van der Waals surface area (Å²) in [7, 11) is 5.00. The fourth-order valence-corrected chi connectivity index (χ4v) is 8.42. The fraction of sp³-hybridized carbons (Fsp3) is 0.256. The standard InChI is InChI=1S/C43H41ClFN5O6S/c1-25-38-36(15-14-34(44)40(38)39-26(2)48(3)47-35(39)22-51)50(41(25)43(53)54-5)16-9-17-55-37-21-32(19-28-18-29(45)12-13-33(28)37)57-24-31-20-30(46-49(31)4)23-56-42(52)27-10-7-6-8-11-27/h6-8,10-15,18-21,51H,9,16-17,22-24H2,1-5H3. The molecule has 0 radical (unpaired) electrons. The third kappa shape index (κ3) is 8.00. The Morgan fingerprint density at radius 1 is 0.930 bits per heavy atom. The lowest BCUT2D eigenvalue weighted by molar-refractivity contribution is 0.0466. The number of thioether (sulfide) groups is 1. The van der Waals surface area contributed by atoms with E-state index in [4.69, 9.17) is 25.8 Å². The number of aliphatic hydroxyl groups is 1. The van der Waals surface area contributed by atoms with Gasteiger partial charge in [-0.3, -0.25) is 9.36 Å². The fourth-order valence-electron chi connectivity index (χ4n) is 7.18. The molecule has 3 heterocycles. The number of carbonyl (C=O) groups excluding carboxylic acids is 2. The Bertz CT molecular complexity index is 2640. The summed E-state index contributed by atoms with van der Waals surface area (Å²) in [6.07, 6.45) is 0.520. The molecule has 0 bridgehead atoms. The minimum atomic E-state index is -0.483. The summed E-state index contributed by atoms with van der Waals surface area (Å²) < 4.78 is 37.0. The third-order valence-electron chi connectivity index (χ3n) is 10.0. The second-order valence-corrected chi connectivity index (χ2v) is 15.0. The molecule has 57 heavy (non-hydrogen) atoms. The van der Waals surface area contributed by atoms with Crippen molar-refractivity contribution in [1.82, 2.24) is 24.1 Å². The van der Waals surface area contributed by atoms with Crippen LogP contribution >= 0.6 is 23.4 Å². The molecule has 3 aromatic heterocycles. The van der Waals surface area contributed by atoms with Crippen LogP contribution in [0.1, 0.15) is 55.6 Å². The van der Waals surface area contributed by atoms with Crippen molar-refractivity contribution in [3.8, 4) is 16.9 Å². The van der Waals surface area contributed by atoms with E-state index in [1.807, 2.05) is 62.8 Å². The van der Waals surface area contributed by atoms with Gasteiger partial charge in [-0.2, -0.15) is 10.2 Å². The Kier molecular flexibility index (Phi) is 11.7. The number of benzene rings is 4. The second kappa shape index (κ2) is 16.8. The topological polar surface area (TPSA) is 123 Å². The molecular formula is C43H41ClFN5O6S. The summed E-state index contributed by atoms with van der Waals surface area (Å²) in [4.78, 5) is 26.6. The normalized spacial score (nSPS) is 11.4. The molecule has 0 atom stereocenters. The van der Waals surface area contributed by atoms with Crippen molar-refractivity contribution < 1.29 is 33.3 Å². The highest BCUT2D eigenvalue weighted by atomic mass is 35.5. The Morgan fingerprint density at radius 3 is 2.47 bits per heavy atom. The first-order valence-electron chi connectivity index (χ1n) is 18.2. The molecule has 7 rings (SSSR count). The molecule has 0 saturated heterocycles. The largest absolute Gasteiger partial charge is 0.493 e. The lowest BCUT2D eigenvalue weighted by Crippen LogP contribution is -2.13. The van der Waals surface area contributed by atoms with Gasteiger partial charge in [0.05, 0.1) is 31.6 Å². The first-order valence-corrected chi connectivity index (χ1v) is 19.6. The highest BCUT2D eigenvalue weighted by Crippen LogP contribution is 2.42. The number of aryl methyl sites for hydroxylation is 4. The molecule has 1 N–H and O–H groups in total. The number of ether oxygens (including phenoxy) is 3. The van der Waals surface area contributed by atoms with Crippen LogP contribution in [0.4, 0.5) is 4.39 Å². The SMILES string of the molecule is COC(=O)c1c(C)c2c(-c3c(CO)nn(C)c3C)c(Cl)ccc2n1CCCOc1cc(SCc2cc(COC(=O)c3ccccc3)nn2C)cc2cc(F)ccc12. The van der Waals surface area contributed by atoms with E-state index in [0.717, 1.165) is 38.1 Å². The molecule has 0 amide bonds. The van der Waals surface area contributed by atoms with Gasteiger partial charge in [0, 0.05) is 75.1 Å². The molecule has 294 valence electrons. The van der Waals surface area contributed by atoms with Gasteiger partial charge in [0.25, 0.3) is 0 Å². The minimum absolute atomic E-state index is 0.0443. The number of fused-ring (bicyclic) bond motifs is 2. The average Bonchev–Trinajstić information content (AvgIpc) is 3.82. The molecule has 7 aromatic rings. The van der Waals surface area contributed by atoms with Crippen molar-refractivity contribution >= 4 is 57.0 Å². The Morgan fingerprint density at radius 2 is 1.72 bits per heavy atom. The van der Waals surface area contributed by atoms with Gasteiger partial charge in [0.1, 0.15) is 29.6 Å². The van der Waals surface area contributed by atoms with Crippen molar-refractivity contribution in [1.29, 1.82) is 0 Å². The van der Waals surface area contributed by atoms with Crippen LogP contribution in [-0.2, 0) is 49.1 Å². The molecule has 0 aliphatic rings. The number of aliphatic hydroxyl groups excluding tert-OH is 1. The smallest absolute Gasteiger partial charge is 0.354 e. The zero-order valence-corrected chi connectivity index (χ0v) is 33.7.